The van der Waals surface area contributed by atoms with Crippen LogP contribution in [0, 0.1) is 0 Å². The lowest BCUT2D eigenvalue weighted by atomic mass is 9.91. The minimum atomic E-state index is -0.224. The van der Waals surface area contributed by atoms with Crippen LogP contribution < -0.4 is 10.6 Å². The van der Waals surface area contributed by atoms with E-state index in [1.54, 1.807) is 0 Å². The van der Waals surface area contributed by atoms with Gasteiger partial charge in [-0.1, -0.05) is 18.0 Å². The molecule has 0 spiro atoms. The molecular weight excluding hydrogens is 414 g/mol. The molecule has 7 nitrogen and oxygen atoms in total. The van der Waals surface area contributed by atoms with Crippen molar-refractivity contribution in [3.05, 3.63) is 58.8 Å². The number of H-pyrrole nitrogens is 1. The Balaban J connectivity index is 1.21. The zero-order chi connectivity index (χ0) is 21.6. The highest BCUT2D eigenvalue weighted by Gasteiger charge is 2.25. The predicted molar refractivity (Wildman–Crippen MR) is 120 cm³/mol. The van der Waals surface area contributed by atoms with Crippen LogP contribution in [0.5, 0.6) is 0 Å². The molecule has 3 N–H and O–H groups in total. The van der Waals surface area contributed by atoms with Gasteiger partial charge in [0.05, 0.1) is 12.2 Å². The average Bonchev–Trinajstić information content (AvgIpc) is 3.15. The topological polar surface area (TPSA) is 99.8 Å². The van der Waals surface area contributed by atoms with Crippen LogP contribution >= 0.6 is 11.6 Å². The Hall–Kier alpha value is -2.93. The second-order valence-corrected chi connectivity index (χ2v) is 8.31. The Morgan fingerprint density at radius 2 is 2.10 bits per heavy atom. The van der Waals surface area contributed by atoms with Gasteiger partial charge in [-0.2, -0.15) is 0 Å². The van der Waals surface area contributed by atoms with Gasteiger partial charge in [-0.3, -0.25) is 14.6 Å². The largest absolute Gasteiger partial charge is 0.356 e. The molecule has 1 aliphatic rings. The van der Waals surface area contributed by atoms with Gasteiger partial charge in [-0.25, -0.2) is 4.98 Å². The minimum Gasteiger partial charge on any atom is -0.356 e. The Bertz CT molecular complexity index is 1070. The van der Waals surface area contributed by atoms with Gasteiger partial charge in [0.1, 0.15) is 5.69 Å². The van der Waals surface area contributed by atoms with Gasteiger partial charge in [0.2, 0.25) is 5.91 Å². The molecule has 0 radical (unpaired) electrons. The number of fused-ring (bicyclic) bond motifs is 3. The lowest BCUT2D eigenvalue weighted by Crippen LogP contribution is -2.30. The predicted octanol–water partition coefficient (Wildman–Crippen LogP) is 4.10. The van der Waals surface area contributed by atoms with Crippen LogP contribution in [-0.2, 0) is 11.2 Å². The van der Waals surface area contributed by atoms with Gasteiger partial charge >= 0.3 is 0 Å². The standard InChI is InChI=1S/C23H26ClN5O2/c24-15-8-9-18-17(13-15)16-5-4-6-19(22(16)29-18)28-21(30)7-2-1-3-10-27-23(31)20-14-25-11-12-26-20/h8-9,11-14,19,29H,1-7,10H2,(H,27,31)(H,28,30). The fraction of sp³-hybridized carbons (Fsp3) is 0.391. The molecule has 0 saturated heterocycles. The average molecular weight is 440 g/mol. The van der Waals surface area contributed by atoms with Crippen molar-refractivity contribution >= 4 is 34.3 Å². The van der Waals surface area contributed by atoms with Crippen molar-refractivity contribution in [2.75, 3.05) is 6.54 Å². The molecule has 2 aromatic heterocycles. The number of unbranched alkanes of at least 4 members (excludes halogenated alkanes) is 2. The molecule has 8 heteroatoms. The summed E-state index contributed by atoms with van der Waals surface area (Å²) >= 11 is 6.17. The van der Waals surface area contributed by atoms with Crippen molar-refractivity contribution in [1.29, 1.82) is 0 Å². The maximum Gasteiger partial charge on any atom is 0.271 e. The zero-order valence-electron chi connectivity index (χ0n) is 17.3. The lowest BCUT2D eigenvalue weighted by Gasteiger charge is -2.24. The van der Waals surface area contributed by atoms with E-state index in [1.807, 2.05) is 18.2 Å². The van der Waals surface area contributed by atoms with Crippen LogP contribution in [0.1, 0.15) is 66.3 Å². The van der Waals surface area contributed by atoms with Crippen LogP contribution in [-0.4, -0.2) is 33.3 Å². The van der Waals surface area contributed by atoms with E-state index < -0.39 is 0 Å². The summed E-state index contributed by atoms with van der Waals surface area (Å²) in [6, 6.07) is 5.90. The summed E-state index contributed by atoms with van der Waals surface area (Å²) in [7, 11) is 0. The van der Waals surface area contributed by atoms with E-state index in [9.17, 15) is 9.59 Å². The van der Waals surface area contributed by atoms with Gasteiger partial charge in [-0.05, 0) is 55.9 Å². The Morgan fingerprint density at radius 3 is 2.94 bits per heavy atom. The van der Waals surface area contributed by atoms with Crippen LogP contribution in [0.2, 0.25) is 5.02 Å². The number of aromatic amines is 1. The van der Waals surface area contributed by atoms with Crippen molar-refractivity contribution in [3.63, 3.8) is 0 Å². The Kier molecular flexibility index (Phi) is 6.82. The molecule has 0 aliphatic heterocycles. The molecule has 1 unspecified atom stereocenters. The minimum absolute atomic E-state index is 0.0219. The highest BCUT2D eigenvalue weighted by atomic mass is 35.5. The number of benzene rings is 1. The van der Waals surface area contributed by atoms with Crippen molar-refractivity contribution < 1.29 is 9.59 Å². The van der Waals surface area contributed by atoms with E-state index in [0.29, 0.717) is 18.7 Å². The molecule has 1 aromatic carbocycles. The van der Waals surface area contributed by atoms with E-state index in [0.717, 1.165) is 60.1 Å². The number of carbonyl (C=O) groups excluding carboxylic acids is 2. The van der Waals surface area contributed by atoms with E-state index in [2.05, 4.69) is 25.6 Å². The fourth-order valence-corrected chi connectivity index (χ4v) is 4.31. The molecule has 4 rings (SSSR count). The first kappa shape index (κ1) is 21.3. The molecule has 162 valence electrons. The molecule has 31 heavy (non-hydrogen) atoms. The summed E-state index contributed by atoms with van der Waals surface area (Å²) in [6.07, 6.45) is 10.4. The van der Waals surface area contributed by atoms with E-state index in [4.69, 9.17) is 11.6 Å². The van der Waals surface area contributed by atoms with E-state index in [1.165, 1.54) is 24.2 Å². The third-order valence-corrected chi connectivity index (χ3v) is 5.90. The highest BCUT2D eigenvalue weighted by molar-refractivity contribution is 6.31. The molecule has 1 atom stereocenters. The molecule has 0 bridgehead atoms. The number of nitrogens with one attached hydrogen (secondary N) is 3. The molecule has 0 fully saturated rings. The molecule has 3 aromatic rings. The number of halogens is 1. The van der Waals surface area contributed by atoms with Crippen molar-refractivity contribution in [3.8, 4) is 0 Å². The highest BCUT2D eigenvalue weighted by Crippen LogP contribution is 2.35. The van der Waals surface area contributed by atoms with Crippen LogP contribution in [0.4, 0.5) is 0 Å². The number of rotatable bonds is 8. The Labute approximate surface area is 186 Å². The molecular formula is C23H26ClN5O2. The number of amides is 2. The summed E-state index contributed by atoms with van der Waals surface area (Å²) in [4.78, 5) is 35.7. The first-order valence-electron chi connectivity index (χ1n) is 10.8. The molecule has 2 amide bonds. The number of hydrogen-bond acceptors (Lipinski definition) is 4. The maximum absolute atomic E-state index is 12.5. The lowest BCUT2D eigenvalue weighted by molar-refractivity contribution is -0.122. The van der Waals surface area contributed by atoms with Gasteiger partial charge in [-0.15, -0.1) is 0 Å². The third-order valence-electron chi connectivity index (χ3n) is 5.67. The van der Waals surface area contributed by atoms with Crippen molar-refractivity contribution in [1.82, 2.24) is 25.6 Å². The van der Waals surface area contributed by atoms with Crippen molar-refractivity contribution in [2.24, 2.45) is 0 Å². The van der Waals surface area contributed by atoms with Gasteiger partial charge in [0, 0.05) is 47.0 Å². The molecule has 0 saturated carbocycles. The Morgan fingerprint density at radius 1 is 1.19 bits per heavy atom. The zero-order valence-corrected chi connectivity index (χ0v) is 18.0. The van der Waals surface area contributed by atoms with Crippen LogP contribution in [0.15, 0.2) is 36.8 Å². The fourth-order valence-electron chi connectivity index (χ4n) is 4.14. The van der Waals surface area contributed by atoms with Crippen LogP contribution in [0.25, 0.3) is 10.9 Å². The summed E-state index contributed by atoms with van der Waals surface area (Å²) in [5, 5.41) is 7.91. The van der Waals surface area contributed by atoms with Gasteiger partial charge < -0.3 is 15.6 Å². The molecule has 1 aliphatic carbocycles. The molecule has 2 heterocycles. The number of nitrogens with zero attached hydrogens (tertiary/aromatic N) is 2. The van der Waals surface area contributed by atoms with Crippen LogP contribution in [0.3, 0.4) is 0 Å². The smallest absolute Gasteiger partial charge is 0.271 e. The van der Waals surface area contributed by atoms with E-state index >= 15 is 0 Å². The summed E-state index contributed by atoms with van der Waals surface area (Å²) in [6.45, 7) is 0.556. The summed E-state index contributed by atoms with van der Waals surface area (Å²) < 4.78 is 0. The van der Waals surface area contributed by atoms with E-state index in [-0.39, 0.29) is 17.9 Å². The van der Waals surface area contributed by atoms with Gasteiger partial charge in [0.15, 0.2) is 0 Å². The van der Waals surface area contributed by atoms with Crippen molar-refractivity contribution in [2.45, 2.75) is 51.0 Å². The normalized spacial score (nSPS) is 15.5. The second-order valence-electron chi connectivity index (χ2n) is 7.88. The van der Waals surface area contributed by atoms with Gasteiger partial charge in [0.25, 0.3) is 5.91 Å². The number of aryl methyl sites for hydroxylation is 1. The summed E-state index contributed by atoms with van der Waals surface area (Å²) in [5.74, 6) is -0.156. The second kappa shape index (κ2) is 9.92. The first-order chi connectivity index (χ1) is 15.1. The monoisotopic (exact) mass is 439 g/mol. The third kappa shape index (κ3) is 5.22. The number of aromatic nitrogens is 3. The quantitative estimate of drug-likeness (QED) is 0.460. The number of carbonyl (C=O) groups is 2. The maximum atomic E-state index is 12.5. The first-order valence-corrected chi connectivity index (χ1v) is 11.1. The number of hydrogen-bond donors (Lipinski definition) is 3. The summed E-state index contributed by atoms with van der Waals surface area (Å²) in [5.41, 5.74) is 3.77. The SMILES string of the molecule is O=C(CCCCCNC(=O)c1cnccn1)NC1CCCc2c1[nH]c1ccc(Cl)cc21.